The fourth-order valence-corrected chi connectivity index (χ4v) is 2.90. The van der Waals surface area contributed by atoms with Crippen LogP contribution in [0.15, 0.2) is 35.3 Å². The minimum Gasteiger partial charge on any atom is -0.357 e. The third-order valence-electron chi connectivity index (χ3n) is 4.24. The van der Waals surface area contributed by atoms with Crippen molar-refractivity contribution in [3.8, 4) is 0 Å². The highest BCUT2D eigenvalue weighted by atomic mass is 127. The van der Waals surface area contributed by atoms with Gasteiger partial charge in [-0.2, -0.15) is 0 Å². The van der Waals surface area contributed by atoms with E-state index in [-0.39, 0.29) is 24.0 Å². The number of nitrogens with zero attached hydrogens (tertiary/aromatic N) is 2. The highest BCUT2D eigenvalue weighted by Gasteiger charge is 2.17. The average molecular weight is 430 g/mol. The van der Waals surface area contributed by atoms with Gasteiger partial charge in [-0.05, 0) is 38.8 Å². The zero-order chi connectivity index (χ0) is 15.6. The fraction of sp³-hybridized carbons (Fsp3) is 0.611. The molecule has 0 spiro atoms. The van der Waals surface area contributed by atoms with Gasteiger partial charge in [0.1, 0.15) is 0 Å². The molecule has 1 aromatic rings. The lowest BCUT2D eigenvalue weighted by molar-refractivity contribution is 0.163. The van der Waals surface area contributed by atoms with E-state index in [0.29, 0.717) is 0 Å². The van der Waals surface area contributed by atoms with Gasteiger partial charge in [0.25, 0.3) is 0 Å². The van der Waals surface area contributed by atoms with Crippen molar-refractivity contribution in [2.24, 2.45) is 4.99 Å². The van der Waals surface area contributed by atoms with Crippen molar-refractivity contribution >= 4 is 29.9 Å². The summed E-state index contributed by atoms with van der Waals surface area (Å²) >= 11 is 0. The van der Waals surface area contributed by atoms with E-state index < -0.39 is 0 Å². The number of piperidine rings is 1. The molecule has 1 aliphatic rings. The van der Waals surface area contributed by atoms with Gasteiger partial charge in [0, 0.05) is 25.7 Å². The molecule has 1 aromatic carbocycles. The van der Waals surface area contributed by atoms with E-state index in [9.17, 15) is 0 Å². The molecule has 1 fully saturated rings. The first-order valence-corrected chi connectivity index (χ1v) is 8.59. The van der Waals surface area contributed by atoms with E-state index in [1.807, 2.05) is 6.07 Å². The maximum Gasteiger partial charge on any atom is 0.191 e. The maximum atomic E-state index is 4.66. The molecule has 130 valence electrons. The summed E-state index contributed by atoms with van der Waals surface area (Å²) in [5.74, 6) is 0.913. The molecule has 0 aromatic heterocycles. The summed E-state index contributed by atoms with van der Waals surface area (Å²) in [4.78, 5) is 7.24. The number of hydrogen-bond acceptors (Lipinski definition) is 2. The van der Waals surface area contributed by atoms with Gasteiger partial charge in [0.2, 0.25) is 0 Å². The predicted octanol–water partition coefficient (Wildman–Crippen LogP) is 3.23. The van der Waals surface area contributed by atoms with Crippen LogP contribution in [0.5, 0.6) is 0 Å². The van der Waals surface area contributed by atoms with Gasteiger partial charge in [-0.15, -0.1) is 24.0 Å². The molecule has 1 saturated heterocycles. The summed E-state index contributed by atoms with van der Waals surface area (Å²) in [6.07, 6.45) is 4.06. The number of likely N-dealkylation sites (tertiary alicyclic amines) is 1. The number of rotatable bonds is 6. The summed E-state index contributed by atoms with van der Waals surface area (Å²) in [5, 5.41) is 6.78. The van der Waals surface area contributed by atoms with Crippen LogP contribution < -0.4 is 10.6 Å². The van der Waals surface area contributed by atoms with Crippen LogP contribution in [0.25, 0.3) is 0 Å². The third kappa shape index (κ3) is 7.52. The number of nitrogens with one attached hydrogen (secondary N) is 2. The van der Waals surface area contributed by atoms with Crippen molar-refractivity contribution in [3.63, 3.8) is 0 Å². The predicted molar refractivity (Wildman–Crippen MR) is 110 cm³/mol. The standard InChI is InChI=1S/C18H30N4.HI/c1-3-19-18(21-15-17-10-5-4-6-11-17)20-12-14-22-13-8-7-9-16(22)2;/h4-6,10-11,16H,3,7-9,12-15H2,1-2H3,(H2,19,20,21);1H. The summed E-state index contributed by atoms with van der Waals surface area (Å²) in [6.45, 7) is 9.33. The normalized spacial score (nSPS) is 19.0. The Hall–Kier alpha value is -0.820. The Labute approximate surface area is 158 Å². The zero-order valence-electron chi connectivity index (χ0n) is 14.4. The molecule has 1 atom stereocenters. The first-order valence-electron chi connectivity index (χ1n) is 8.59. The van der Waals surface area contributed by atoms with Crippen LogP contribution >= 0.6 is 24.0 Å². The minimum absolute atomic E-state index is 0. The molecular formula is C18H31IN4. The van der Waals surface area contributed by atoms with E-state index in [4.69, 9.17) is 0 Å². The van der Waals surface area contributed by atoms with Crippen LogP contribution in [0.4, 0.5) is 0 Å². The molecule has 0 saturated carbocycles. The van der Waals surface area contributed by atoms with Crippen LogP contribution in [0.3, 0.4) is 0 Å². The number of guanidine groups is 1. The van der Waals surface area contributed by atoms with Gasteiger partial charge in [0.15, 0.2) is 5.96 Å². The molecule has 5 heteroatoms. The number of hydrogen-bond donors (Lipinski definition) is 2. The average Bonchev–Trinajstić information content (AvgIpc) is 2.55. The second-order valence-corrected chi connectivity index (χ2v) is 5.99. The zero-order valence-corrected chi connectivity index (χ0v) is 16.8. The molecule has 1 heterocycles. The topological polar surface area (TPSA) is 39.7 Å². The molecule has 2 N–H and O–H groups in total. The second kappa shape index (κ2) is 11.7. The maximum absolute atomic E-state index is 4.66. The fourth-order valence-electron chi connectivity index (χ4n) is 2.90. The molecule has 4 nitrogen and oxygen atoms in total. The van der Waals surface area contributed by atoms with Crippen LogP contribution in [0, 0.1) is 0 Å². The number of halogens is 1. The Morgan fingerprint density at radius 2 is 2.00 bits per heavy atom. The first-order chi connectivity index (χ1) is 10.8. The van der Waals surface area contributed by atoms with Gasteiger partial charge in [-0.1, -0.05) is 36.8 Å². The lowest BCUT2D eigenvalue weighted by Crippen LogP contribution is -2.45. The Balaban J connectivity index is 0.00000264. The van der Waals surface area contributed by atoms with Crippen LogP contribution in [0.1, 0.15) is 38.7 Å². The molecule has 0 bridgehead atoms. The van der Waals surface area contributed by atoms with E-state index in [0.717, 1.165) is 38.2 Å². The van der Waals surface area contributed by atoms with E-state index >= 15 is 0 Å². The smallest absolute Gasteiger partial charge is 0.191 e. The molecule has 1 aliphatic heterocycles. The highest BCUT2D eigenvalue weighted by Crippen LogP contribution is 2.15. The lowest BCUT2D eigenvalue weighted by atomic mass is 10.0. The van der Waals surface area contributed by atoms with Crippen molar-refractivity contribution in [2.45, 2.75) is 45.7 Å². The summed E-state index contributed by atoms with van der Waals surface area (Å²) in [6, 6.07) is 11.1. The Morgan fingerprint density at radius 1 is 1.22 bits per heavy atom. The van der Waals surface area contributed by atoms with Crippen LogP contribution in [-0.4, -0.2) is 43.1 Å². The van der Waals surface area contributed by atoms with Crippen molar-refractivity contribution < 1.29 is 0 Å². The van der Waals surface area contributed by atoms with Crippen molar-refractivity contribution in [1.82, 2.24) is 15.5 Å². The van der Waals surface area contributed by atoms with E-state index in [1.54, 1.807) is 0 Å². The third-order valence-corrected chi connectivity index (χ3v) is 4.24. The summed E-state index contributed by atoms with van der Waals surface area (Å²) in [7, 11) is 0. The van der Waals surface area contributed by atoms with E-state index in [1.165, 1.54) is 31.4 Å². The van der Waals surface area contributed by atoms with Crippen molar-refractivity contribution in [1.29, 1.82) is 0 Å². The first kappa shape index (κ1) is 20.2. The Kier molecular flexibility index (Phi) is 10.3. The van der Waals surface area contributed by atoms with Crippen molar-refractivity contribution in [3.05, 3.63) is 35.9 Å². The molecule has 2 rings (SSSR count). The molecule has 0 radical (unpaired) electrons. The molecule has 1 unspecified atom stereocenters. The van der Waals surface area contributed by atoms with Gasteiger partial charge >= 0.3 is 0 Å². The SMILES string of the molecule is CCNC(=NCc1ccccc1)NCCN1CCCCC1C.I. The number of benzene rings is 1. The second-order valence-electron chi connectivity index (χ2n) is 5.99. The van der Waals surface area contributed by atoms with Gasteiger partial charge in [-0.25, -0.2) is 4.99 Å². The van der Waals surface area contributed by atoms with Gasteiger partial charge in [0.05, 0.1) is 6.54 Å². The molecule has 0 amide bonds. The highest BCUT2D eigenvalue weighted by molar-refractivity contribution is 14.0. The minimum atomic E-state index is 0. The quantitative estimate of drug-likeness (QED) is 0.414. The van der Waals surface area contributed by atoms with Gasteiger partial charge < -0.3 is 10.6 Å². The Morgan fingerprint density at radius 3 is 2.70 bits per heavy atom. The summed E-state index contributed by atoms with van der Waals surface area (Å²) < 4.78 is 0. The summed E-state index contributed by atoms with van der Waals surface area (Å²) in [5.41, 5.74) is 1.24. The van der Waals surface area contributed by atoms with Crippen LogP contribution in [0.2, 0.25) is 0 Å². The van der Waals surface area contributed by atoms with Crippen molar-refractivity contribution in [2.75, 3.05) is 26.2 Å². The molecule has 23 heavy (non-hydrogen) atoms. The lowest BCUT2D eigenvalue weighted by Gasteiger charge is -2.33. The van der Waals surface area contributed by atoms with E-state index in [2.05, 4.69) is 58.6 Å². The molecular weight excluding hydrogens is 399 g/mol. The largest absolute Gasteiger partial charge is 0.357 e. The van der Waals surface area contributed by atoms with Crippen LogP contribution in [-0.2, 0) is 6.54 Å². The Bertz CT molecular complexity index is 450. The number of aliphatic imine (C=N–C) groups is 1. The molecule has 0 aliphatic carbocycles. The van der Waals surface area contributed by atoms with Gasteiger partial charge in [-0.3, -0.25) is 4.90 Å². The monoisotopic (exact) mass is 430 g/mol.